The first kappa shape index (κ1) is 15.0. The molecule has 0 saturated carbocycles. The molecule has 0 aliphatic carbocycles. The number of nitrogens with zero attached hydrogens (tertiary/aromatic N) is 3. The average molecular weight is 306 g/mol. The van der Waals surface area contributed by atoms with Gasteiger partial charge in [-0.3, -0.25) is 9.78 Å². The summed E-state index contributed by atoms with van der Waals surface area (Å²) in [4.78, 5) is 18.9. The molecule has 1 amide bonds. The van der Waals surface area contributed by atoms with Gasteiger partial charge in [0.15, 0.2) is 0 Å². The summed E-state index contributed by atoms with van der Waals surface area (Å²) in [7, 11) is 0. The zero-order chi connectivity index (χ0) is 16.1. The van der Waals surface area contributed by atoms with Gasteiger partial charge in [-0.1, -0.05) is 12.1 Å². The van der Waals surface area contributed by atoms with Crippen LogP contribution in [0.4, 0.5) is 11.4 Å². The molecule has 0 atom stereocenters. The number of nitriles is 1. The third-order valence-corrected chi connectivity index (χ3v) is 4.00. The average Bonchev–Trinajstić information content (AvgIpc) is 2.63. The van der Waals surface area contributed by atoms with Crippen molar-refractivity contribution < 1.29 is 4.79 Å². The normalized spacial score (nSPS) is 14.1. The lowest BCUT2D eigenvalue weighted by atomic mass is 10.1. The zero-order valence-corrected chi connectivity index (χ0v) is 12.8. The van der Waals surface area contributed by atoms with E-state index in [1.807, 2.05) is 6.07 Å². The number of hydrogen-bond acceptors (Lipinski definition) is 4. The number of nitrogens with one attached hydrogen (secondary N) is 1. The summed E-state index contributed by atoms with van der Waals surface area (Å²) in [5, 5.41) is 11.9. The molecule has 2 aromatic rings. The highest BCUT2D eigenvalue weighted by atomic mass is 16.1. The lowest BCUT2D eigenvalue weighted by Crippen LogP contribution is -2.29. The van der Waals surface area contributed by atoms with Gasteiger partial charge in [0.25, 0.3) is 5.91 Å². The minimum Gasteiger partial charge on any atom is -0.370 e. The maximum Gasteiger partial charge on any atom is 0.257 e. The second-order valence-corrected chi connectivity index (χ2v) is 5.59. The Hall–Kier alpha value is -2.87. The molecule has 0 unspecified atom stereocenters. The topological polar surface area (TPSA) is 69.0 Å². The summed E-state index contributed by atoms with van der Waals surface area (Å²) in [6.45, 7) is 2.01. The fraction of sp³-hybridized carbons (Fsp3) is 0.278. The van der Waals surface area contributed by atoms with Gasteiger partial charge in [0, 0.05) is 19.3 Å². The van der Waals surface area contributed by atoms with Gasteiger partial charge in [-0.05, 0) is 37.5 Å². The van der Waals surface area contributed by atoms with E-state index in [0.29, 0.717) is 16.8 Å². The highest BCUT2D eigenvalue weighted by molar-refractivity contribution is 6.05. The van der Waals surface area contributed by atoms with Crippen molar-refractivity contribution in [3.63, 3.8) is 0 Å². The van der Waals surface area contributed by atoms with Gasteiger partial charge in [0.1, 0.15) is 6.07 Å². The molecule has 5 nitrogen and oxygen atoms in total. The first-order valence-electron chi connectivity index (χ1n) is 7.78. The molecule has 0 bridgehead atoms. The van der Waals surface area contributed by atoms with E-state index in [4.69, 9.17) is 5.26 Å². The fourth-order valence-electron chi connectivity index (χ4n) is 2.76. The zero-order valence-electron chi connectivity index (χ0n) is 12.8. The van der Waals surface area contributed by atoms with Gasteiger partial charge >= 0.3 is 0 Å². The van der Waals surface area contributed by atoms with Crippen molar-refractivity contribution >= 4 is 17.3 Å². The van der Waals surface area contributed by atoms with Crippen molar-refractivity contribution in [2.45, 2.75) is 19.3 Å². The van der Waals surface area contributed by atoms with Crippen molar-refractivity contribution in [1.82, 2.24) is 4.98 Å². The lowest BCUT2D eigenvalue weighted by molar-refractivity contribution is 0.102. The second kappa shape index (κ2) is 6.93. The summed E-state index contributed by atoms with van der Waals surface area (Å²) in [6, 6.07) is 10.9. The van der Waals surface area contributed by atoms with Crippen LogP contribution in [0.2, 0.25) is 0 Å². The molecule has 0 spiro atoms. The number of hydrogen-bond donors (Lipinski definition) is 1. The van der Waals surface area contributed by atoms with E-state index in [0.717, 1.165) is 18.8 Å². The Morgan fingerprint density at radius 3 is 2.74 bits per heavy atom. The Balaban J connectivity index is 1.78. The molecule has 2 heterocycles. The number of piperidine rings is 1. The first-order chi connectivity index (χ1) is 11.3. The number of amides is 1. The number of pyridine rings is 1. The Morgan fingerprint density at radius 2 is 1.96 bits per heavy atom. The summed E-state index contributed by atoms with van der Waals surface area (Å²) >= 11 is 0. The molecule has 0 radical (unpaired) electrons. The quantitative estimate of drug-likeness (QED) is 0.945. The monoisotopic (exact) mass is 306 g/mol. The fourth-order valence-corrected chi connectivity index (χ4v) is 2.76. The number of carbonyl (C=O) groups excluding carboxylic acids is 1. The van der Waals surface area contributed by atoms with Crippen molar-refractivity contribution in [3.05, 3.63) is 53.9 Å². The molecule has 1 N–H and O–H groups in total. The Morgan fingerprint density at radius 1 is 1.17 bits per heavy atom. The van der Waals surface area contributed by atoms with Crippen molar-refractivity contribution in [2.75, 3.05) is 23.3 Å². The van der Waals surface area contributed by atoms with Crippen molar-refractivity contribution in [2.24, 2.45) is 0 Å². The Labute approximate surface area is 135 Å². The van der Waals surface area contributed by atoms with Crippen LogP contribution in [0.25, 0.3) is 0 Å². The van der Waals surface area contributed by atoms with Gasteiger partial charge in [0.2, 0.25) is 0 Å². The van der Waals surface area contributed by atoms with E-state index in [-0.39, 0.29) is 5.91 Å². The smallest absolute Gasteiger partial charge is 0.257 e. The first-order valence-corrected chi connectivity index (χ1v) is 7.78. The maximum atomic E-state index is 12.4. The largest absolute Gasteiger partial charge is 0.370 e. The van der Waals surface area contributed by atoms with Crippen LogP contribution in [0.1, 0.15) is 35.2 Å². The predicted molar refractivity (Wildman–Crippen MR) is 89.4 cm³/mol. The van der Waals surface area contributed by atoms with E-state index in [1.165, 1.54) is 19.3 Å². The molecule has 116 valence electrons. The molecule has 1 aromatic carbocycles. The SMILES string of the molecule is N#Cc1ccccc1NC(=O)c1cncc(N2CCCCC2)c1. The number of anilines is 2. The van der Waals surface area contributed by atoms with Crippen LogP contribution >= 0.6 is 0 Å². The number of carbonyl (C=O) groups is 1. The van der Waals surface area contributed by atoms with Crippen LogP contribution in [0.5, 0.6) is 0 Å². The number of rotatable bonds is 3. The van der Waals surface area contributed by atoms with E-state index in [1.54, 1.807) is 36.7 Å². The molecule has 23 heavy (non-hydrogen) atoms. The molecule has 3 rings (SSSR count). The summed E-state index contributed by atoms with van der Waals surface area (Å²) in [5.74, 6) is -0.251. The molecule has 5 heteroatoms. The highest BCUT2D eigenvalue weighted by Gasteiger charge is 2.14. The lowest BCUT2D eigenvalue weighted by Gasteiger charge is -2.28. The number of benzene rings is 1. The van der Waals surface area contributed by atoms with Crippen LogP contribution < -0.4 is 10.2 Å². The Kier molecular flexibility index (Phi) is 4.53. The molecule has 1 aromatic heterocycles. The predicted octanol–water partition coefficient (Wildman–Crippen LogP) is 3.20. The van der Waals surface area contributed by atoms with Crippen LogP contribution in [0.3, 0.4) is 0 Å². The molecule has 1 aliphatic rings. The number of para-hydroxylation sites is 1. The number of aromatic nitrogens is 1. The molecular weight excluding hydrogens is 288 g/mol. The van der Waals surface area contributed by atoms with E-state index >= 15 is 0 Å². The minimum atomic E-state index is -0.251. The summed E-state index contributed by atoms with van der Waals surface area (Å²) in [5.41, 5.74) is 2.44. The van der Waals surface area contributed by atoms with Crippen LogP contribution in [-0.2, 0) is 0 Å². The third kappa shape index (κ3) is 3.49. The molecule has 1 aliphatic heterocycles. The van der Waals surface area contributed by atoms with Crippen molar-refractivity contribution in [3.8, 4) is 6.07 Å². The molecule has 1 saturated heterocycles. The maximum absolute atomic E-state index is 12.4. The van der Waals surface area contributed by atoms with Gasteiger partial charge in [-0.15, -0.1) is 0 Å². The third-order valence-electron chi connectivity index (χ3n) is 4.00. The van der Waals surface area contributed by atoms with Gasteiger partial charge < -0.3 is 10.2 Å². The highest BCUT2D eigenvalue weighted by Crippen LogP contribution is 2.21. The molecule has 1 fully saturated rings. The standard InChI is InChI=1S/C18H18N4O/c19-11-14-6-2-3-7-17(14)21-18(23)15-10-16(13-20-12-15)22-8-4-1-5-9-22/h2-3,6-7,10,12-13H,1,4-5,8-9H2,(H,21,23). The second-order valence-electron chi connectivity index (χ2n) is 5.59. The van der Waals surface area contributed by atoms with Crippen LogP contribution in [-0.4, -0.2) is 24.0 Å². The van der Waals surface area contributed by atoms with E-state index in [2.05, 4.69) is 21.3 Å². The van der Waals surface area contributed by atoms with Crippen LogP contribution in [0, 0.1) is 11.3 Å². The summed E-state index contributed by atoms with van der Waals surface area (Å²) in [6.07, 6.45) is 6.95. The van der Waals surface area contributed by atoms with E-state index < -0.39 is 0 Å². The molecular formula is C18H18N4O. The van der Waals surface area contributed by atoms with Gasteiger partial charge in [-0.2, -0.15) is 5.26 Å². The van der Waals surface area contributed by atoms with E-state index in [9.17, 15) is 4.79 Å². The van der Waals surface area contributed by atoms with Gasteiger partial charge in [-0.25, -0.2) is 0 Å². The summed E-state index contributed by atoms with van der Waals surface area (Å²) < 4.78 is 0. The minimum absolute atomic E-state index is 0.251. The van der Waals surface area contributed by atoms with Crippen LogP contribution in [0.15, 0.2) is 42.7 Å². The van der Waals surface area contributed by atoms with Crippen molar-refractivity contribution in [1.29, 1.82) is 5.26 Å². The van der Waals surface area contributed by atoms with Gasteiger partial charge in [0.05, 0.1) is 28.7 Å². The Bertz CT molecular complexity index is 745.